The summed E-state index contributed by atoms with van der Waals surface area (Å²) in [5.41, 5.74) is 8.66. The zero-order valence-electron chi connectivity index (χ0n) is 13.5. The molecule has 0 radical (unpaired) electrons. The molecular weight excluding hydrogens is 303 g/mol. The van der Waals surface area contributed by atoms with Gasteiger partial charge in [0, 0.05) is 36.9 Å². The molecular formula is C19H21FN4. The Hall–Kier alpha value is -2.95. The zero-order valence-corrected chi connectivity index (χ0v) is 13.5. The van der Waals surface area contributed by atoms with Crippen LogP contribution in [0.25, 0.3) is 0 Å². The summed E-state index contributed by atoms with van der Waals surface area (Å²) in [7, 11) is 0. The van der Waals surface area contributed by atoms with E-state index >= 15 is 0 Å². The highest BCUT2D eigenvalue weighted by molar-refractivity contribution is 5.60. The highest BCUT2D eigenvalue weighted by Crippen LogP contribution is 2.14. The predicted octanol–water partition coefficient (Wildman–Crippen LogP) is 3.69. The fourth-order valence-electron chi connectivity index (χ4n) is 2.09. The highest BCUT2D eigenvalue weighted by atomic mass is 19.1. The summed E-state index contributed by atoms with van der Waals surface area (Å²) in [6.45, 7) is 3.94. The summed E-state index contributed by atoms with van der Waals surface area (Å²) < 4.78 is 13.2. The van der Waals surface area contributed by atoms with Crippen LogP contribution in [0, 0.1) is 0 Å². The quantitative estimate of drug-likeness (QED) is 0.594. The van der Waals surface area contributed by atoms with E-state index in [9.17, 15) is 4.39 Å². The molecule has 0 amide bonds. The van der Waals surface area contributed by atoms with E-state index in [-0.39, 0.29) is 12.2 Å². The number of aliphatic imine (C=N–C) groups is 1. The van der Waals surface area contributed by atoms with Crippen molar-refractivity contribution >= 4 is 6.21 Å². The van der Waals surface area contributed by atoms with Crippen LogP contribution in [0.4, 0.5) is 4.39 Å². The molecule has 4 nitrogen and oxygen atoms in total. The maximum absolute atomic E-state index is 13.2. The van der Waals surface area contributed by atoms with Gasteiger partial charge in [-0.05, 0) is 36.6 Å². The van der Waals surface area contributed by atoms with Crippen molar-refractivity contribution in [1.29, 1.82) is 0 Å². The molecule has 0 aromatic carbocycles. The molecule has 5 heteroatoms. The molecule has 2 rings (SSSR count). The van der Waals surface area contributed by atoms with Crippen LogP contribution in [0.1, 0.15) is 18.4 Å². The lowest BCUT2D eigenvalue weighted by atomic mass is 10.2. The van der Waals surface area contributed by atoms with Crippen molar-refractivity contribution in [2.75, 3.05) is 0 Å². The molecule has 0 bridgehead atoms. The molecule has 1 aromatic heterocycles. The first-order chi connectivity index (χ1) is 11.7. The smallest absolute Gasteiger partial charge is 0.104 e. The van der Waals surface area contributed by atoms with Gasteiger partial charge in [0.2, 0.25) is 0 Å². The van der Waals surface area contributed by atoms with Crippen molar-refractivity contribution in [3.8, 4) is 0 Å². The van der Waals surface area contributed by atoms with Gasteiger partial charge in [-0.2, -0.15) is 0 Å². The second-order valence-electron chi connectivity index (χ2n) is 5.20. The van der Waals surface area contributed by atoms with E-state index in [0.29, 0.717) is 11.4 Å². The molecule has 1 aliphatic rings. The number of allylic oxidation sites excluding steroid dienone is 5. The van der Waals surface area contributed by atoms with E-state index in [1.54, 1.807) is 30.6 Å². The first-order valence-corrected chi connectivity index (χ1v) is 7.71. The summed E-state index contributed by atoms with van der Waals surface area (Å²) in [5, 5.41) is 3.10. The highest BCUT2D eigenvalue weighted by Gasteiger charge is 2.04. The summed E-state index contributed by atoms with van der Waals surface area (Å²) in [6, 6.07) is 3.94. The molecule has 0 aliphatic heterocycles. The lowest BCUT2D eigenvalue weighted by Crippen LogP contribution is -2.12. The van der Waals surface area contributed by atoms with Gasteiger partial charge in [-0.1, -0.05) is 24.8 Å². The number of nitrogens with one attached hydrogen (secondary N) is 1. The number of nitrogens with zero attached hydrogens (tertiary/aromatic N) is 2. The topological polar surface area (TPSA) is 63.3 Å². The van der Waals surface area contributed by atoms with E-state index in [1.165, 1.54) is 12.3 Å². The Morgan fingerprint density at radius 1 is 1.50 bits per heavy atom. The SMILES string of the molecule is C=C(NC1=CCC(F)=CC=C1)C(=C\N)/N=C\CCc1cccnc1. The van der Waals surface area contributed by atoms with E-state index in [2.05, 4.69) is 21.9 Å². The number of hydrogen-bond donors (Lipinski definition) is 2. The summed E-state index contributed by atoms with van der Waals surface area (Å²) >= 11 is 0. The minimum absolute atomic E-state index is 0.184. The van der Waals surface area contributed by atoms with Gasteiger partial charge in [0.25, 0.3) is 0 Å². The average molecular weight is 324 g/mol. The lowest BCUT2D eigenvalue weighted by molar-refractivity contribution is 0.618. The number of aryl methyl sites for hydroxylation is 1. The summed E-state index contributed by atoms with van der Waals surface area (Å²) in [6.07, 6.45) is 15.3. The van der Waals surface area contributed by atoms with Crippen LogP contribution >= 0.6 is 0 Å². The van der Waals surface area contributed by atoms with Crippen LogP contribution in [-0.2, 0) is 6.42 Å². The third kappa shape index (κ3) is 5.68. The maximum atomic E-state index is 13.2. The Kier molecular flexibility index (Phi) is 6.71. The Morgan fingerprint density at radius 3 is 3.12 bits per heavy atom. The zero-order chi connectivity index (χ0) is 17.2. The second-order valence-corrected chi connectivity index (χ2v) is 5.20. The fraction of sp³-hybridized carbons (Fsp3) is 0.158. The first-order valence-electron chi connectivity index (χ1n) is 7.71. The Bertz CT molecular complexity index is 712. The van der Waals surface area contributed by atoms with E-state index in [4.69, 9.17) is 5.73 Å². The maximum Gasteiger partial charge on any atom is 0.104 e. The number of rotatable bonds is 7. The van der Waals surface area contributed by atoms with Gasteiger partial charge >= 0.3 is 0 Å². The summed E-state index contributed by atoms with van der Waals surface area (Å²) in [4.78, 5) is 8.43. The average Bonchev–Trinajstić information content (AvgIpc) is 2.80. The van der Waals surface area contributed by atoms with Gasteiger partial charge in [0.05, 0.1) is 5.70 Å². The van der Waals surface area contributed by atoms with Crippen molar-refractivity contribution in [3.05, 3.63) is 90.1 Å². The molecule has 0 atom stereocenters. The van der Waals surface area contributed by atoms with E-state index in [1.807, 2.05) is 18.3 Å². The molecule has 1 heterocycles. The van der Waals surface area contributed by atoms with Crippen LogP contribution in [0.5, 0.6) is 0 Å². The van der Waals surface area contributed by atoms with Gasteiger partial charge in [-0.3, -0.25) is 9.98 Å². The fourth-order valence-corrected chi connectivity index (χ4v) is 2.09. The minimum Gasteiger partial charge on any atom is -0.403 e. The van der Waals surface area contributed by atoms with Gasteiger partial charge in [0.15, 0.2) is 0 Å². The van der Waals surface area contributed by atoms with Crippen molar-refractivity contribution in [3.63, 3.8) is 0 Å². The Balaban J connectivity index is 1.86. The van der Waals surface area contributed by atoms with Crippen LogP contribution in [0.3, 0.4) is 0 Å². The van der Waals surface area contributed by atoms with Crippen LogP contribution < -0.4 is 11.1 Å². The number of nitrogens with two attached hydrogens (primary N) is 1. The van der Waals surface area contributed by atoms with Crippen molar-refractivity contribution in [2.24, 2.45) is 10.7 Å². The van der Waals surface area contributed by atoms with Crippen LogP contribution in [0.15, 0.2) is 89.5 Å². The van der Waals surface area contributed by atoms with Gasteiger partial charge < -0.3 is 11.1 Å². The van der Waals surface area contributed by atoms with Gasteiger partial charge in [-0.15, -0.1) is 0 Å². The van der Waals surface area contributed by atoms with Crippen LogP contribution in [0.2, 0.25) is 0 Å². The number of pyridine rings is 1. The van der Waals surface area contributed by atoms with Crippen LogP contribution in [-0.4, -0.2) is 11.2 Å². The Labute approximate surface area is 141 Å². The molecule has 124 valence electrons. The minimum atomic E-state index is -0.184. The summed E-state index contributed by atoms with van der Waals surface area (Å²) in [5.74, 6) is -0.184. The largest absolute Gasteiger partial charge is 0.403 e. The molecule has 1 aromatic rings. The molecule has 0 spiro atoms. The van der Waals surface area contributed by atoms with E-state index < -0.39 is 0 Å². The van der Waals surface area contributed by atoms with E-state index in [0.717, 1.165) is 24.1 Å². The van der Waals surface area contributed by atoms with Gasteiger partial charge in [0.1, 0.15) is 11.5 Å². The molecule has 0 fully saturated rings. The molecule has 1 aliphatic carbocycles. The van der Waals surface area contributed by atoms with Gasteiger partial charge in [-0.25, -0.2) is 4.39 Å². The van der Waals surface area contributed by atoms with Crippen molar-refractivity contribution in [2.45, 2.75) is 19.3 Å². The monoisotopic (exact) mass is 324 g/mol. The molecule has 3 N–H and O–H groups in total. The number of aromatic nitrogens is 1. The number of hydrogen-bond acceptors (Lipinski definition) is 4. The molecule has 24 heavy (non-hydrogen) atoms. The molecule has 0 unspecified atom stereocenters. The second kappa shape index (κ2) is 9.25. The lowest BCUT2D eigenvalue weighted by Gasteiger charge is -2.10. The van der Waals surface area contributed by atoms with Crippen molar-refractivity contribution < 1.29 is 4.39 Å². The number of halogens is 1. The Morgan fingerprint density at radius 2 is 2.38 bits per heavy atom. The first kappa shape index (κ1) is 17.4. The molecule has 0 saturated carbocycles. The predicted molar refractivity (Wildman–Crippen MR) is 96.6 cm³/mol. The van der Waals surface area contributed by atoms with Crippen molar-refractivity contribution in [1.82, 2.24) is 10.3 Å². The normalized spacial score (nSPS) is 15.0. The standard InChI is InChI=1S/C19H21FN4/c1-15(24-18-8-2-7-17(20)9-10-18)19(13-21)23-12-4-6-16-5-3-11-22-14-16/h2-3,5,7-8,10-14,24H,1,4,6,9,21H2/b19-13+,23-12-. The molecule has 0 saturated heterocycles. The third-order valence-corrected chi connectivity index (χ3v) is 3.35. The third-order valence-electron chi connectivity index (χ3n) is 3.35.